The summed E-state index contributed by atoms with van der Waals surface area (Å²) in [4.78, 5) is 23.3. The zero-order valence-electron chi connectivity index (χ0n) is 16.6. The van der Waals surface area contributed by atoms with Crippen LogP contribution in [0.25, 0.3) is 22.2 Å². The van der Waals surface area contributed by atoms with Crippen LogP contribution in [0.5, 0.6) is 0 Å². The first-order valence-electron chi connectivity index (χ1n) is 9.80. The normalized spacial score (nSPS) is 16.7. The van der Waals surface area contributed by atoms with E-state index < -0.39 is 0 Å². The largest absolute Gasteiger partial charge is 0.382 e. The minimum Gasteiger partial charge on any atom is -0.382 e. The Kier molecular flexibility index (Phi) is 4.02. The number of nitrogens with one attached hydrogen (secondary N) is 1. The number of rotatable bonds is 4. The minimum absolute atomic E-state index is 0.146. The van der Waals surface area contributed by atoms with Gasteiger partial charge in [0.2, 0.25) is 0 Å². The molecule has 29 heavy (non-hydrogen) atoms. The van der Waals surface area contributed by atoms with Gasteiger partial charge in [0.25, 0.3) is 0 Å². The standard InChI is InChI=1S/C20H23FN8/c1-10(2)28-7-13(8-28)29-15-6-12(21)4-5-14(15)25-20(29)11(3)18-26-16-17(22)23-9-24-19(16)27-18/h4-6,9-11,13H,7-8H2,1-3H3,(H3,22,23,24,26,27). The van der Waals surface area contributed by atoms with E-state index in [0.29, 0.717) is 28.8 Å². The van der Waals surface area contributed by atoms with Crippen LogP contribution in [0.15, 0.2) is 24.5 Å². The molecular formula is C20H23FN8. The number of likely N-dealkylation sites (tertiary alicyclic amines) is 1. The fourth-order valence-corrected chi connectivity index (χ4v) is 4.04. The molecule has 0 radical (unpaired) electrons. The zero-order chi connectivity index (χ0) is 20.3. The average Bonchev–Trinajstić information content (AvgIpc) is 3.23. The number of anilines is 1. The van der Waals surface area contributed by atoms with Crippen LogP contribution < -0.4 is 5.73 Å². The van der Waals surface area contributed by atoms with Crippen molar-refractivity contribution >= 4 is 28.0 Å². The molecule has 3 aromatic heterocycles. The lowest BCUT2D eigenvalue weighted by Crippen LogP contribution is -2.51. The van der Waals surface area contributed by atoms with E-state index in [0.717, 1.165) is 29.9 Å². The van der Waals surface area contributed by atoms with Crippen LogP contribution in [0.3, 0.4) is 0 Å². The van der Waals surface area contributed by atoms with E-state index in [-0.39, 0.29) is 17.8 Å². The number of nitrogens with zero attached hydrogens (tertiary/aromatic N) is 6. The maximum absolute atomic E-state index is 14.0. The lowest BCUT2D eigenvalue weighted by Gasteiger charge is -2.43. The molecule has 1 aliphatic heterocycles. The highest BCUT2D eigenvalue weighted by molar-refractivity contribution is 5.81. The number of benzene rings is 1. The number of hydrogen-bond donors (Lipinski definition) is 2. The molecule has 1 fully saturated rings. The summed E-state index contributed by atoms with van der Waals surface area (Å²) >= 11 is 0. The fourth-order valence-electron chi connectivity index (χ4n) is 4.04. The molecule has 0 saturated carbocycles. The first-order chi connectivity index (χ1) is 13.9. The molecule has 0 bridgehead atoms. The summed E-state index contributed by atoms with van der Waals surface area (Å²) in [6.45, 7) is 8.24. The Morgan fingerprint density at radius 2 is 1.97 bits per heavy atom. The van der Waals surface area contributed by atoms with E-state index in [2.05, 4.69) is 43.3 Å². The summed E-state index contributed by atoms with van der Waals surface area (Å²) < 4.78 is 16.2. The van der Waals surface area contributed by atoms with E-state index in [1.165, 1.54) is 12.4 Å². The van der Waals surface area contributed by atoms with Gasteiger partial charge in [-0.2, -0.15) is 0 Å². The van der Waals surface area contributed by atoms with Gasteiger partial charge >= 0.3 is 0 Å². The van der Waals surface area contributed by atoms with Crippen molar-refractivity contribution < 1.29 is 4.39 Å². The molecule has 3 N–H and O–H groups in total. The van der Waals surface area contributed by atoms with Gasteiger partial charge in [-0.05, 0) is 39.0 Å². The molecule has 1 unspecified atom stereocenters. The first kappa shape index (κ1) is 18.0. The van der Waals surface area contributed by atoms with Crippen LogP contribution in [-0.2, 0) is 0 Å². The highest BCUT2D eigenvalue weighted by Crippen LogP contribution is 2.34. The monoisotopic (exact) mass is 394 g/mol. The van der Waals surface area contributed by atoms with Crippen molar-refractivity contribution in [3.8, 4) is 0 Å². The number of halogens is 1. The van der Waals surface area contributed by atoms with Crippen molar-refractivity contribution in [1.82, 2.24) is 34.4 Å². The summed E-state index contributed by atoms with van der Waals surface area (Å²) in [5.74, 6) is 1.52. The van der Waals surface area contributed by atoms with Crippen molar-refractivity contribution in [3.63, 3.8) is 0 Å². The summed E-state index contributed by atoms with van der Waals surface area (Å²) in [6, 6.07) is 5.48. The van der Waals surface area contributed by atoms with Gasteiger partial charge in [-0.1, -0.05) is 0 Å². The Morgan fingerprint density at radius 3 is 2.69 bits per heavy atom. The number of hydrogen-bond acceptors (Lipinski definition) is 6. The van der Waals surface area contributed by atoms with E-state index in [9.17, 15) is 4.39 Å². The van der Waals surface area contributed by atoms with Crippen LogP contribution >= 0.6 is 0 Å². The van der Waals surface area contributed by atoms with Gasteiger partial charge in [0, 0.05) is 19.1 Å². The van der Waals surface area contributed by atoms with E-state index >= 15 is 0 Å². The van der Waals surface area contributed by atoms with E-state index in [1.807, 2.05) is 6.92 Å². The third-order valence-electron chi connectivity index (χ3n) is 5.80. The highest BCUT2D eigenvalue weighted by atomic mass is 19.1. The summed E-state index contributed by atoms with van der Waals surface area (Å²) in [5, 5.41) is 0. The molecule has 1 aromatic carbocycles. The topological polar surface area (TPSA) is 102 Å². The van der Waals surface area contributed by atoms with Crippen molar-refractivity contribution in [2.24, 2.45) is 0 Å². The molecule has 5 rings (SSSR count). The molecule has 0 spiro atoms. The molecule has 4 aromatic rings. The number of aromatic nitrogens is 6. The van der Waals surface area contributed by atoms with Crippen LogP contribution in [0.2, 0.25) is 0 Å². The Balaban J connectivity index is 1.61. The second-order valence-corrected chi connectivity index (χ2v) is 7.98. The van der Waals surface area contributed by atoms with E-state index in [1.54, 1.807) is 12.1 Å². The minimum atomic E-state index is -0.260. The zero-order valence-corrected chi connectivity index (χ0v) is 16.6. The highest BCUT2D eigenvalue weighted by Gasteiger charge is 2.34. The van der Waals surface area contributed by atoms with Gasteiger partial charge < -0.3 is 15.3 Å². The Hall–Kier alpha value is -3.07. The van der Waals surface area contributed by atoms with Crippen molar-refractivity contribution in [1.29, 1.82) is 0 Å². The van der Waals surface area contributed by atoms with Gasteiger partial charge in [-0.15, -0.1) is 0 Å². The number of nitrogens with two attached hydrogens (primary N) is 1. The second-order valence-electron chi connectivity index (χ2n) is 7.98. The van der Waals surface area contributed by atoms with Crippen LogP contribution in [0.1, 0.15) is 44.4 Å². The molecule has 9 heteroatoms. The molecule has 150 valence electrons. The Labute approximate surface area is 167 Å². The lowest BCUT2D eigenvalue weighted by atomic mass is 10.0. The maximum Gasteiger partial charge on any atom is 0.183 e. The number of H-pyrrole nitrogens is 1. The summed E-state index contributed by atoms with van der Waals surface area (Å²) in [5.41, 5.74) is 8.70. The van der Waals surface area contributed by atoms with Crippen LogP contribution in [0, 0.1) is 5.82 Å². The van der Waals surface area contributed by atoms with Crippen molar-refractivity contribution in [3.05, 3.63) is 42.0 Å². The predicted octanol–water partition coefficient (Wildman–Crippen LogP) is 2.84. The molecule has 8 nitrogen and oxygen atoms in total. The van der Waals surface area contributed by atoms with Gasteiger partial charge in [0.05, 0.1) is 23.0 Å². The van der Waals surface area contributed by atoms with Crippen molar-refractivity contribution in [2.45, 2.75) is 38.8 Å². The molecular weight excluding hydrogens is 371 g/mol. The second kappa shape index (κ2) is 6.48. The number of aromatic amines is 1. The van der Waals surface area contributed by atoms with Crippen molar-refractivity contribution in [2.75, 3.05) is 18.8 Å². The number of nitrogen functional groups attached to an aromatic ring is 1. The lowest BCUT2D eigenvalue weighted by molar-refractivity contribution is 0.0746. The third-order valence-corrected chi connectivity index (χ3v) is 5.80. The average molecular weight is 394 g/mol. The smallest absolute Gasteiger partial charge is 0.183 e. The van der Waals surface area contributed by atoms with Gasteiger partial charge in [-0.3, -0.25) is 4.90 Å². The van der Waals surface area contributed by atoms with Gasteiger partial charge in [0.15, 0.2) is 11.5 Å². The third kappa shape index (κ3) is 2.84. The molecule has 0 aliphatic carbocycles. The van der Waals surface area contributed by atoms with Gasteiger partial charge in [-0.25, -0.2) is 24.3 Å². The number of imidazole rings is 2. The van der Waals surface area contributed by atoms with E-state index in [4.69, 9.17) is 10.7 Å². The molecule has 4 heterocycles. The fraction of sp³-hybridized carbons (Fsp3) is 0.400. The summed E-state index contributed by atoms with van der Waals surface area (Å²) in [6.07, 6.45) is 1.40. The maximum atomic E-state index is 14.0. The van der Waals surface area contributed by atoms with Crippen LogP contribution in [0.4, 0.5) is 10.2 Å². The first-order valence-corrected chi connectivity index (χ1v) is 9.80. The quantitative estimate of drug-likeness (QED) is 0.552. The molecule has 1 saturated heterocycles. The molecule has 1 aliphatic rings. The summed E-state index contributed by atoms with van der Waals surface area (Å²) in [7, 11) is 0. The number of fused-ring (bicyclic) bond motifs is 2. The molecule has 1 atom stereocenters. The van der Waals surface area contributed by atoms with Gasteiger partial charge in [0.1, 0.15) is 29.3 Å². The molecule has 0 amide bonds. The Morgan fingerprint density at radius 1 is 1.17 bits per heavy atom. The van der Waals surface area contributed by atoms with Crippen LogP contribution in [-0.4, -0.2) is 53.5 Å². The SMILES string of the molecule is CC(c1nc2ncnc(N)c2[nH]1)c1nc2ccc(F)cc2n1C1CN(C(C)C)C1. The Bertz CT molecular complexity index is 1200. The predicted molar refractivity (Wildman–Crippen MR) is 109 cm³/mol.